The molecule has 0 saturated heterocycles. The van der Waals surface area contributed by atoms with Gasteiger partial charge in [-0.2, -0.15) is 0 Å². The zero-order valence-electron chi connectivity index (χ0n) is 18.5. The van der Waals surface area contributed by atoms with Crippen LogP contribution >= 0.6 is 0 Å². The highest BCUT2D eigenvalue weighted by Crippen LogP contribution is 2.33. The van der Waals surface area contributed by atoms with E-state index in [0.29, 0.717) is 47.3 Å². The van der Waals surface area contributed by atoms with Gasteiger partial charge in [-0.15, -0.1) is 0 Å². The normalized spacial score (nSPS) is 12.5. The predicted molar refractivity (Wildman–Crippen MR) is 128 cm³/mol. The number of rotatable bonds is 6. The van der Waals surface area contributed by atoms with Gasteiger partial charge in [-0.1, -0.05) is 6.07 Å². The van der Waals surface area contributed by atoms with Crippen molar-refractivity contribution in [3.8, 4) is 11.5 Å². The first kappa shape index (κ1) is 23.1. The number of hydrogen-bond donors (Lipinski definition) is 3. The number of hydrogen-bond acceptors (Lipinski definition) is 6. The molecule has 1 heterocycles. The Morgan fingerprint density at radius 1 is 0.824 bits per heavy atom. The molecule has 10 heteroatoms. The van der Waals surface area contributed by atoms with Crippen LogP contribution in [0.1, 0.15) is 22.8 Å². The molecule has 2 amide bonds. The van der Waals surface area contributed by atoms with E-state index >= 15 is 0 Å². The fourth-order valence-electron chi connectivity index (χ4n) is 3.35. The zero-order chi connectivity index (χ0) is 24.3. The minimum absolute atomic E-state index is 0.0310. The fourth-order valence-corrected chi connectivity index (χ4v) is 4.42. The first-order chi connectivity index (χ1) is 16.2. The van der Waals surface area contributed by atoms with Gasteiger partial charge in [0, 0.05) is 24.2 Å². The quantitative estimate of drug-likeness (QED) is 0.493. The van der Waals surface area contributed by atoms with E-state index in [9.17, 15) is 18.0 Å². The van der Waals surface area contributed by atoms with E-state index in [1.165, 1.54) is 43.3 Å². The number of nitrogens with one attached hydrogen (secondary N) is 3. The van der Waals surface area contributed by atoms with Gasteiger partial charge in [0.05, 0.1) is 16.3 Å². The van der Waals surface area contributed by atoms with Crippen LogP contribution in [0.25, 0.3) is 0 Å². The molecule has 176 valence electrons. The smallest absolute Gasteiger partial charge is 0.262 e. The maximum atomic E-state index is 12.8. The third-order valence-electron chi connectivity index (χ3n) is 4.96. The second-order valence-electron chi connectivity index (χ2n) is 7.67. The van der Waals surface area contributed by atoms with Crippen LogP contribution in [0, 0.1) is 6.92 Å². The van der Waals surface area contributed by atoms with Crippen LogP contribution in [0.3, 0.4) is 0 Å². The molecule has 4 rings (SSSR count). The van der Waals surface area contributed by atoms with Gasteiger partial charge in [-0.25, -0.2) is 8.42 Å². The predicted octanol–water partition coefficient (Wildman–Crippen LogP) is 3.78. The second-order valence-corrected chi connectivity index (χ2v) is 9.36. The minimum atomic E-state index is -3.88. The minimum Gasteiger partial charge on any atom is -0.486 e. The van der Waals surface area contributed by atoms with Gasteiger partial charge >= 0.3 is 0 Å². The highest BCUT2D eigenvalue weighted by atomic mass is 32.2. The summed E-state index contributed by atoms with van der Waals surface area (Å²) in [4.78, 5) is 24.2. The Bertz CT molecular complexity index is 1350. The van der Waals surface area contributed by atoms with Crippen molar-refractivity contribution in [2.45, 2.75) is 18.7 Å². The van der Waals surface area contributed by atoms with E-state index in [-0.39, 0.29) is 10.8 Å². The van der Waals surface area contributed by atoms with Gasteiger partial charge in [0.15, 0.2) is 11.5 Å². The lowest BCUT2D eigenvalue weighted by Crippen LogP contribution is -2.17. The summed E-state index contributed by atoms with van der Waals surface area (Å²) >= 11 is 0. The molecule has 1 aliphatic rings. The molecule has 3 N–H and O–H groups in total. The number of aryl methyl sites for hydroxylation is 1. The van der Waals surface area contributed by atoms with Crippen molar-refractivity contribution in [2.75, 3.05) is 28.6 Å². The van der Waals surface area contributed by atoms with Crippen molar-refractivity contribution in [2.24, 2.45) is 0 Å². The molecule has 0 aliphatic carbocycles. The molecular formula is C24H23N3O6S. The average molecular weight is 482 g/mol. The van der Waals surface area contributed by atoms with Gasteiger partial charge in [0.25, 0.3) is 15.9 Å². The number of carbonyl (C=O) groups excluding carboxylic acids is 2. The van der Waals surface area contributed by atoms with Crippen LogP contribution < -0.4 is 24.8 Å². The van der Waals surface area contributed by atoms with E-state index in [0.717, 1.165) is 5.56 Å². The van der Waals surface area contributed by atoms with Crippen molar-refractivity contribution in [3.63, 3.8) is 0 Å². The van der Waals surface area contributed by atoms with E-state index in [2.05, 4.69) is 15.4 Å². The number of amides is 2. The third kappa shape index (κ3) is 5.29. The molecule has 3 aromatic rings. The topological polar surface area (TPSA) is 123 Å². The van der Waals surface area contributed by atoms with Crippen LogP contribution in [0.2, 0.25) is 0 Å². The molecule has 1 aliphatic heterocycles. The summed E-state index contributed by atoms with van der Waals surface area (Å²) in [7, 11) is -3.88. The molecule has 0 atom stereocenters. The van der Waals surface area contributed by atoms with Gasteiger partial charge in [-0.05, 0) is 61.0 Å². The monoisotopic (exact) mass is 481 g/mol. The van der Waals surface area contributed by atoms with Crippen molar-refractivity contribution >= 4 is 38.9 Å². The van der Waals surface area contributed by atoms with Gasteiger partial charge in [0.2, 0.25) is 5.91 Å². The van der Waals surface area contributed by atoms with E-state index in [1.807, 2.05) is 13.0 Å². The van der Waals surface area contributed by atoms with E-state index in [4.69, 9.17) is 9.47 Å². The average Bonchev–Trinajstić information content (AvgIpc) is 2.80. The summed E-state index contributed by atoms with van der Waals surface area (Å²) in [5, 5.41) is 5.46. The Labute approximate surface area is 197 Å². The van der Waals surface area contributed by atoms with E-state index < -0.39 is 15.9 Å². The third-order valence-corrected chi connectivity index (χ3v) is 6.34. The van der Waals surface area contributed by atoms with Crippen LogP contribution in [0.15, 0.2) is 65.6 Å². The van der Waals surface area contributed by atoms with Crippen molar-refractivity contribution in [1.82, 2.24) is 0 Å². The summed E-state index contributed by atoms with van der Waals surface area (Å²) in [6, 6.07) is 15.7. The number of ether oxygens (including phenoxy) is 2. The lowest BCUT2D eigenvalue weighted by molar-refractivity contribution is -0.114. The van der Waals surface area contributed by atoms with Crippen LogP contribution in [0.5, 0.6) is 11.5 Å². The lowest BCUT2D eigenvalue weighted by Gasteiger charge is -2.19. The van der Waals surface area contributed by atoms with Gasteiger partial charge < -0.3 is 20.1 Å². The number of sulfonamides is 1. The summed E-state index contributed by atoms with van der Waals surface area (Å²) in [5.74, 6) is 0.208. The Morgan fingerprint density at radius 3 is 2.24 bits per heavy atom. The van der Waals surface area contributed by atoms with Crippen molar-refractivity contribution in [1.29, 1.82) is 0 Å². The fraction of sp³-hybridized carbons (Fsp3) is 0.167. The van der Waals surface area contributed by atoms with Crippen molar-refractivity contribution in [3.05, 3.63) is 71.8 Å². The van der Waals surface area contributed by atoms with Crippen LogP contribution in [-0.4, -0.2) is 33.4 Å². The Morgan fingerprint density at radius 2 is 1.53 bits per heavy atom. The molecule has 0 bridgehead atoms. The van der Waals surface area contributed by atoms with E-state index in [1.54, 1.807) is 18.2 Å². The van der Waals surface area contributed by atoms with Crippen LogP contribution in [0.4, 0.5) is 17.1 Å². The van der Waals surface area contributed by atoms with Crippen LogP contribution in [-0.2, 0) is 14.8 Å². The largest absolute Gasteiger partial charge is 0.486 e. The first-order valence-corrected chi connectivity index (χ1v) is 11.9. The molecule has 0 radical (unpaired) electrons. The standard InChI is InChI=1S/C24H23N3O6S/c1-15-3-9-20(25-16(2)28)21(13-15)26-24(29)17-4-6-18(7-5-17)27-34(30,31)19-8-10-22-23(14-19)33-12-11-32-22/h3-10,13-14,27H,11-12H2,1-2H3,(H,25,28)(H,26,29). The number of carbonyl (C=O) groups is 2. The summed E-state index contributed by atoms with van der Waals surface area (Å²) in [6.45, 7) is 4.02. The highest BCUT2D eigenvalue weighted by Gasteiger charge is 2.20. The molecule has 0 fully saturated rings. The lowest BCUT2D eigenvalue weighted by atomic mass is 10.1. The molecule has 3 aromatic carbocycles. The molecular weight excluding hydrogens is 458 g/mol. The van der Waals surface area contributed by atoms with Gasteiger partial charge in [0.1, 0.15) is 13.2 Å². The number of anilines is 3. The highest BCUT2D eigenvalue weighted by molar-refractivity contribution is 7.92. The zero-order valence-corrected chi connectivity index (χ0v) is 19.4. The molecule has 0 saturated carbocycles. The van der Waals surface area contributed by atoms with Crippen molar-refractivity contribution < 1.29 is 27.5 Å². The molecule has 0 spiro atoms. The Balaban J connectivity index is 1.48. The second kappa shape index (κ2) is 9.44. The summed E-state index contributed by atoms with van der Waals surface area (Å²) in [5.41, 5.74) is 2.46. The molecule has 9 nitrogen and oxygen atoms in total. The maximum absolute atomic E-state index is 12.8. The summed E-state index contributed by atoms with van der Waals surface area (Å²) in [6.07, 6.45) is 0. The summed E-state index contributed by atoms with van der Waals surface area (Å²) < 4.78 is 38.9. The molecule has 0 aromatic heterocycles. The van der Waals surface area contributed by atoms with Gasteiger partial charge in [-0.3, -0.25) is 14.3 Å². The molecule has 34 heavy (non-hydrogen) atoms. The Kier molecular flexibility index (Phi) is 6.42. The molecule has 0 unspecified atom stereocenters. The maximum Gasteiger partial charge on any atom is 0.262 e. The first-order valence-electron chi connectivity index (χ1n) is 10.4. The Hall–Kier alpha value is -4.05. The SMILES string of the molecule is CC(=O)Nc1ccc(C)cc1NC(=O)c1ccc(NS(=O)(=O)c2ccc3c(c2)OCCO3)cc1. The number of fused-ring (bicyclic) bond motifs is 1. The number of benzene rings is 3.